The molecule has 128 valence electrons. The van der Waals surface area contributed by atoms with Crippen LogP contribution in [-0.4, -0.2) is 16.5 Å². The summed E-state index contributed by atoms with van der Waals surface area (Å²) in [7, 11) is 1.55. The van der Waals surface area contributed by atoms with Crippen LogP contribution in [0, 0.1) is 0 Å². The van der Waals surface area contributed by atoms with Crippen LogP contribution in [0.25, 0.3) is 0 Å². The van der Waals surface area contributed by atoms with Crippen molar-refractivity contribution in [2.75, 3.05) is 0 Å². The lowest BCUT2D eigenvalue weighted by Crippen LogP contribution is -2.34. The number of carbonyl (C=O) groups is 1. The molecule has 0 unspecified atom stereocenters. The Kier molecular flexibility index (Phi) is 5.11. The third kappa shape index (κ3) is 4.47. The molecular formula is C17H17F3N2O2. The number of carbonyl (C=O) groups excluding carboxylic acids is 1. The molecule has 24 heavy (non-hydrogen) atoms. The van der Waals surface area contributed by atoms with Crippen LogP contribution in [0.1, 0.15) is 28.4 Å². The van der Waals surface area contributed by atoms with Crippen molar-refractivity contribution in [3.05, 3.63) is 69.6 Å². The Bertz CT molecular complexity index is 780. The van der Waals surface area contributed by atoms with Gasteiger partial charge >= 0.3 is 6.18 Å². The molecule has 0 saturated carbocycles. The third-order valence-corrected chi connectivity index (χ3v) is 3.55. The molecule has 0 spiro atoms. The number of rotatable bonds is 4. The summed E-state index contributed by atoms with van der Waals surface area (Å²) in [6.07, 6.45) is -2.53. The summed E-state index contributed by atoms with van der Waals surface area (Å²) in [5.74, 6) is -0.343. The summed E-state index contributed by atoms with van der Waals surface area (Å²) in [5, 5.41) is 2.76. The number of pyridine rings is 1. The molecule has 7 heteroatoms. The minimum absolute atomic E-state index is 0.218. The van der Waals surface area contributed by atoms with Crippen molar-refractivity contribution in [2.45, 2.75) is 25.6 Å². The van der Waals surface area contributed by atoms with Gasteiger partial charge in [0, 0.05) is 25.4 Å². The van der Waals surface area contributed by atoms with E-state index in [1.807, 2.05) is 0 Å². The molecule has 0 bridgehead atoms. The van der Waals surface area contributed by atoms with Crippen LogP contribution in [0.4, 0.5) is 13.2 Å². The highest BCUT2D eigenvalue weighted by Gasteiger charge is 2.29. The van der Waals surface area contributed by atoms with Gasteiger partial charge in [0.15, 0.2) is 0 Å². The van der Waals surface area contributed by atoms with E-state index in [0.717, 1.165) is 12.1 Å². The van der Waals surface area contributed by atoms with Gasteiger partial charge in [0.05, 0.1) is 11.1 Å². The van der Waals surface area contributed by atoms with Gasteiger partial charge in [-0.15, -0.1) is 0 Å². The number of halogens is 3. The van der Waals surface area contributed by atoms with E-state index < -0.39 is 11.7 Å². The van der Waals surface area contributed by atoms with E-state index >= 15 is 0 Å². The quantitative estimate of drug-likeness (QED) is 0.932. The minimum atomic E-state index is -4.36. The van der Waals surface area contributed by atoms with Gasteiger partial charge in [-0.3, -0.25) is 9.59 Å². The highest BCUT2D eigenvalue weighted by molar-refractivity contribution is 5.94. The number of aryl methyl sites for hydroxylation is 1. The molecule has 0 radical (unpaired) electrons. The maximum absolute atomic E-state index is 12.5. The molecular weight excluding hydrogens is 321 g/mol. The van der Waals surface area contributed by atoms with Gasteiger partial charge in [-0.1, -0.05) is 12.1 Å². The molecule has 4 nitrogen and oxygen atoms in total. The Morgan fingerprint density at radius 1 is 1.17 bits per heavy atom. The average Bonchev–Trinajstić information content (AvgIpc) is 2.49. The second-order valence-electron chi connectivity index (χ2n) is 5.64. The van der Waals surface area contributed by atoms with Crippen molar-refractivity contribution in [1.29, 1.82) is 0 Å². The van der Waals surface area contributed by atoms with Crippen LogP contribution >= 0.6 is 0 Å². The molecule has 1 aromatic heterocycles. The van der Waals surface area contributed by atoms with E-state index in [1.54, 1.807) is 14.0 Å². The van der Waals surface area contributed by atoms with Gasteiger partial charge in [0.1, 0.15) is 0 Å². The Morgan fingerprint density at radius 3 is 2.33 bits per heavy atom. The lowest BCUT2D eigenvalue weighted by atomic mass is 10.0. The van der Waals surface area contributed by atoms with Crippen LogP contribution in [0.3, 0.4) is 0 Å². The van der Waals surface area contributed by atoms with Crippen molar-refractivity contribution in [3.8, 4) is 0 Å². The number of nitrogens with one attached hydrogen (secondary N) is 1. The molecule has 2 aromatic rings. The smallest absolute Gasteiger partial charge is 0.349 e. The monoisotopic (exact) mass is 338 g/mol. The first kappa shape index (κ1) is 17.8. The maximum atomic E-state index is 12.5. The summed E-state index contributed by atoms with van der Waals surface area (Å²) in [6, 6.07) is 7.31. The van der Waals surface area contributed by atoms with Gasteiger partial charge in [-0.2, -0.15) is 13.2 Å². The number of alkyl halides is 3. The Labute approximate surface area is 136 Å². The fourth-order valence-corrected chi connectivity index (χ4v) is 2.27. The lowest BCUT2D eigenvalue weighted by Gasteiger charge is -2.15. The number of aromatic nitrogens is 1. The van der Waals surface area contributed by atoms with Crippen molar-refractivity contribution in [3.63, 3.8) is 0 Å². The summed E-state index contributed by atoms with van der Waals surface area (Å²) < 4.78 is 38.9. The molecule has 0 fully saturated rings. The average molecular weight is 338 g/mol. The van der Waals surface area contributed by atoms with E-state index in [-0.39, 0.29) is 17.5 Å². The van der Waals surface area contributed by atoms with Gasteiger partial charge in [-0.25, -0.2) is 0 Å². The highest BCUT2D eigenvalue weighted by atomic mass is 19.4. The molecule has 0 aliphatic rings. The third-order valence-electron chi connectivity index (χ3n) is 3.55. The standard InChI is InChI=1S/C17H17F3N2O2/c1-11(9-12-3-6-14(7-4-12)17(18,19)20)21-16(24)13-5-8-15(23)22(2)10-13/h3-8,10-11H,9H2,1-2H3,(H,21,24)/t11-/m0/s1. The Morgan fingerprint density at radius 2 is 1.79 bits per heavy atom. The summed E-state index contributed by atoms with van der Waals surface area (Å²) in [5.41, 5.74) is 0.116. The van der Waals surface area contributed by atoms with E-state index in [4.69, 9.17) is 0 Å². The number of nitrogens with zero attached hydrogens (tertiary/aromatic N) is 1. The van der Waals surface area contributed by atoms with E-state index in [1.165, 1.54) is 35.0 Å². The number of amides is 1. The van der Waals surface area contributed by atoms with Crippen molar-refractivity contribution < 1.29 is 18.0 Å². The molecule has 1 heterocycles. The normalized spacial score (nSPS) is 12.7. The molecule has 0 aliphatic carbocycles. The number of hydrogen-bond acceptors (Lipinski definition) is 2. The van der Waals surface area contributed by atoms with Gasteiger partial charge < -0.3 is 9.88 Å². The van der Waals surface area contributed by atoms with Gasteiger partial charge in [0.25, 0.3) is 5.91 Å². The van der Waals surface area contributed by atoms with E-state index in [9.17, 15) is 22.8 Å². The zero-order valence-electron chi connectivity index (χ0n) is 13.2. The zero-order valence-corrected chi connectivity index (χ0v) is 13.2. The first-order chi connectivity index (χ1) is 11.2. The Hall–Kier alpha value is -2.57. The highest BCUT2D eigenvalue weighted by Crippen LogP contribution is 2.29. The lowest BCUT2D eigenvalue weighted by molar-refractivity contribution is -0.137. The minimum Gasteiger partial charge on any atom is -0.349 e. The van der Waals surface area contributed by atoms with E-state index in [2.05, 4.69) is 5.32 Å². The molecule has 1 amide bonds. The molecule has 1 N–H and O–H groups in total. The molecule has 1 aromatic carbocycles. The summed E-state index contributed by atoms with van der Waals surface area (Å²) in [4.78, 5) is 23.4. The van der Waals surface area contributed by atoms with Crippen LogP contribution < -0.4 is 10.9 Å². The molecule has 2 rings (SSSR count). The zero-order chi connectivity index (χ0) is 17.9. The van der Waals surface area contributed by atoms with Gasteiger partial charge in [-0.05, 0) is 37.1 Å². The van der Waals surface area contributed by atoms with Gasteiger partial charge in [0.2, 0.25) is 5.56 Å². The second-order valence-corrected chi connectivity index (χ2v) is 5.64. The number of benzene rings is 1. The van der Waals surface area contributed by atoms with Crippen LogP contribution in [0.15, 0.2) is 47.4 Å². The van der Waals surface area contributed by atoms with Crippen molar-refractivity contribution >= 4 is 5.91 Å². The fraction of sp³-hybridized carbons (Fsp3) is 0.294. The van der Waals surface area contributed by atoms with E-state index in [0.29, 0.717) is 17.5 Å². The second kappa shape index (κ2) is 6.90. The fourth-order valence-electron chi connectivity index (χ4n) is 2.27. The first-order valence-corrected chi connectivity index (χ1v) is 7.30. The maximum Gasteiger partial charge on any atom is 0.416 e. The topological polar surface area (TPSA) is 51.1 Å². The molecule has 0 aliphatic heterocycles. The SMILES string of the molecule is C[C@@H](Cc1ccc(C(F)(F)F)cc1)NC(=O)c1ccc(=O)n(C)c1. The largest absolute Gasteiger partial charge is 0.416 e. The van der Waals surface area contributed by atoms with Crippen LogP contribution in [-0.2, 0) is 19.6 Å². The first-order valence-electron chi connectivity index (χ1n) is 7.30. The summed E-state index contributed by atoms with van der Waals surface area (Å²) >= 11 is 0. The van der Waals surface area contributed by atoms with Crippen molar-refractivity contribution in [2.24, 2.45) is 7.05 Å². The van der Waals surface area contributed by atoms with Crippen LogP contribution in [0.2, 0.25) is 0 Å². The molecule has 1 atom stereocenters. The molecule has 0 saturated heterocycles. The summed E-state index contributed by atoms with van der Waals surface area (Å²) in [6.45, 7) is 1.76. The number of hydrogen-bond donors (Lipinski definition) is 1. The predicted octanol–water partition coefficient (Wildman–Crippen LogP) is 2.77. The van der Waals surface area contributed by atoms with Crippen LogP contribution in [0.5, 0.6) is 0 Å². The predicted molar refractivity (Wildman–Crippen MR) is 83.8 cm³/mol. The Balaban J connectivity index is 1.99. The van der Waals surface area contributed by atoms with Crippen molar-refractivity contribution in [1.82, 2.24) is 9.88 Å².